The number of para-hydroxylation sites is 1. The number of carboxylic acids is 1. The second-order valence-corrected chi connectivity index (χ2v) is 5.12. The molecule has 0 fully saturated rings. The Labute approximate surface area is 125 Å². The molecule has 1 heterocycles. The summed E-state index contributed by atoms with van der Waals surface area (Å²) in [5, 5.41) is 9.06. The Morgan fingerprint density at radius 1 is 1.40 bits per heavy atom. The first-order valence-corrected chi connectivity index (χ1v) is 7.28. The highest BCUT2D eigenvalue weighted by Gasteiger charge is 2.12. The number of carboxylic acid groups (broad SMARTS) is 1. The van der Waals surface area contributed by atoms with Gasteiger partial charge in [-0.25, -0.2) is 0 Å². The van der Waals surface area contributed by atoms with Crippen molar-refractivity contribution in [1.82, 2.24) is 4.57 Å². The van der Waals surface area contributed by atoms with Crippen LogP contribution in [0.4, 0.5) is 0 Å². The summed E-state index contributed by atoms with van der Waals surface area (Å²) in [6, 6.07) is 5.10. The van der Waals surface area contributed by atoms with Crippen LogP contribution in [0.15, 0.2) is 23.0 Å². The Morgan fingerprint density at radius 3 is 2.55 bits per heavy atom. The smallest absolute Gasteiger partial charge is 0.323 e. The molecule has 0 atom stereocenters. The number of aromatic nitrogens is 1. The Balaban J connectivity index is 0.000000347. The zero-order valence-electron chi connectivity index (χ0n) is 11.3. The number of nitrogens with zero attached hydrogens (tertiary/aromatic N) is 1. The molecule has 0 aliphatic heterocycles. The zero-order chi connectivity index (χ0) is 15.1. The lowest BCUT2D eigenvalue weighted by atomic mass is 10.3. The second kappa shape index (κ2) is 8.04. The van der Waals surface area contributed by atoms with Crippen LogP contribution in [0.5, 0.6) is 0 Å². The van der Waals surface area contributed by atoms with Gasteiger partial charge in [-0.3, -0.25) is 14.2 Å². The quantitative estimate of drug-likeness (QED) is 0.941. The fraction of sp³-hybridized carbons (Fsp3) is 0.385. The number of aliphatic carboxylic acids is 1. The van der Waals surface area contributed by atoms with Crippen molar-refractivity contribution >= 4 is 39.1 Å². The van der Waals surface area contributed by atoms with E-state index >= 15 is 0 Å². The molecule has 1 N–H and O–H groups in total. The van der Waals surface area contributed by atoms with Crippen LogP contribution in [0.2, 0.25) is 5.02 Å². The number of benzene rings is 1. The van der Waals surface area contributed by atoms with Gasteiger partial charge in [0.2, 0.25) is 0 Å². The highest BCUT2D eigenvalue weighted by molar-refractivity contribution is 7.16. The molecule has 2 aromatic rings. The number of thiazole rings is 1. The molecule has 0 saturated heterocycles. The first kappa shape index (κ1) is 16.7. The molecule has 5 nitrogen and oxygen atoms in total. The molecule has 110 valence electrons. The van der Waals surface area contributed by atoms with E-state index < -0.39 is 5.97 Å². The van der Waals surface area contributed by atoms with Gasteiger partial charge in [-0.15, -0.1) is 0 Å². The lowest BCUT2D eigenvalue weighted by Crippen LogP contribution is -2.18. The van der Waals surface area contributed by atoms with Gasteiger partial charge in [0.05, 0.1) is 15.2 Å². The van der Waals surface area contributed by atoms with Crippen molar-refractivity contribution in [3.05, 3.63) is 32.9 Å². The summed E-state index contributed by atoms with van der Waals surface area (Å²) < 4.78 is 6.71. The molecule has 0 spiro atoms. The number of hydrogen-bond acceptors (Lipinski definition) is 4. The molecule has 0 aliphatic carbocycles. The van der Waals surface area contributed by atoms with Crippen molar-refractivity contribution in [2.24, 2.45) is 0 Å². The maximum absolute atomic E-state index is 11.5. The van der Waals surface area contributed by atoms with Crippen LogP contribution in [0.25, 0.3) is 10.2 Å². The summed E-state index contributed by atoms with van der Waals surface area (Å²) in [4.78, 5) is 21.8. The van der Waals surface area contributed by atoms with Crippen molar-refractivity contribution in [2.75, 3.05) is 13.2 Å². The van der Waals surface area contributed by atoms with Crippen molar-refractivity contribution in [3.63, 3.8) is 0 Å². The van der Waals surface area contributed by atoms with E-state index in [0.29, 0.717) is 15.2 Å². The molecule has 0 bridgehead atoms. The lowest BCUT2D eigenvalue weighted by molar-refractivity contribution is -0.137. The molecule has 20 heavy (non-hydrogen) atoms. The van der Waals surface area contributed by atoms with Crippen molar-refractivity contribution in [1.29, 1.82) is 0 Å². The van der Waals surface area contributed by atoms with Gasteiger partial charge < -0.3 is 9.84 Å². The number of ether oxygens (including phenoxy) is 1. The van der Waals surface area contributed by atoms with Gasteiger partial charge in [0.1, 0.15) is 6.54 Å². The summed E-state index contributed by atoms with van der Waals surface area (Å²) in [6.07, 6.45) is 0. The number of halogens is 1. The molecule has 7 heteroatoms. The van der Waals surface area contributed by atoms with E-state index in [2.05, 4.69) is 0 Å². The van der Waals surface area contributed by atoms with E-state index in [1.54, 1.807) is 18.2 Å². The first-order chi connectivity index (χ1) is 9.51. The van der Waals surface area contributed by atoms with E-state index in [-0.39, 0.29) is 11.4 Å². The van der Waals surface area contributed by atoms with Crippen LogP contribution < -0.4 is 4.87 Å². The molecule has 0 saturated carbocycles. The Hall–Kier alpha value is -1.37. The topological polar surface area (TPSA) is 68.5 Å². The molecule has 0 aliphatic rings. The summed E-state index contributed by atoms with van der Waals surface area (Å²) >= 11 is 6.91. The lowest BCUT2D eigenvalue weighted by Gasteiger charge is -2.00. The average Bonchev–Trinajstić information content (AvgIpc) is 2.68. The monoisotopic (exact) mass is 317 g/mol. The van der Waals surface area contributed by atoms with Gasteiger partial charge in [-0.1, -0.05) is 29.0 Å². The van der Waals surface area contributed by atoms with Crippen LogP contribution in [0.1, 0.15) is 13.8 Å². The minimum absolute atomic E-state index is 0.305. The van der Waals surface area contributed by atoms with E-state index in [0.717, 1.165) is 24.6 Å². The minimum Gasteiger partial charge on any atom is -0.480 e. The van der Waals surface area contributed by atoms with Gasteiger partial charge in [-0.2, -0.15) is 0 Å². The fourth-order valence-corrected chi connectivity index (χ4v) is 2.81. The normalized spacial score (nSPS) is 10.2. The number of fused-ring (bicyclic) bond motifs is 1. The summed E-state index contributed by atoms with van der Waals surface area (Å²) in [5.74, 6) is -1.06. The number of hydrogen-bond donors (Lipinski definition) is 1. The van der Waals surface area contributed by atoms with Gasteiger partial charge >= 0.3 is 10.8 Å². The van der Waals surface area contributed by atoms with Crippen molar-refractivity contribution in [2.45, 2.75) is 20.4 Å². The van der Waals surface area contributed by atoms with E-state index in [1.165, 1.54) is 4.57 Å². The van der Waals surface area contributed by atoms with Gasteiger partial charge in [0, 0.05) is 13.2 Å². The third kappa shape index (κ3) is 4.33. The molecular weight excluding hydrogens is 302 g/mol. The molecule has 1 aromatic heterocycles. The number of rotatable bonds is 4. The van der Waals surface area contributed by atoms with E-state index in [4.69, 9.17) is 21.4 Å². The Morgan fingerprint density at radius 2 is 2.05 bits per heavy atom. The summed E-state index contributed by atoms with van der Waals surface area (Å²) in [6.45, 7) is 5.31. The van der Waals surface area contributed by atoms with Crippen molar-refractivity contribution in [3.8, 4) is 0 Å². The van der Waals surface area contributed by atoms with Crippen LogP contribution in [-0.2, 0) is 16.1 Å². The first-order valence-electron chi connectivity index (χ1n) is 6.08. The number of carbonyl (C=O) groups is 1. The molecule has 2 rings (SSSR count). The van der Waals surface area contributed by atoms with Crippen LogP contribution in [0, 0.1) is 0 Å². The molecule has 0 amide bonds. The second-order valence-electron chi connectivity index (χ2n) is 3.72. The molecular formula is C13H16ClNO4S. The Bertz CT molecular complexity index is 633. The predicted molar refractivity (Wildman–Crippen MR) is 80.9 cm³/mol. The summed E-state index contributed by atoms with van der Waals surface area (Å²) in [5.41, 5.74) is 0.497. The molecule has 0 unspecified atom stereocenters. The fourth-order valence-electron chi connectivity index (χ4n) is 1.56. The average molecular weight is 318 g/mol. The van der Waals surface area contributed by atoms with Crippen LogP contribution >= 0.6 is 22.9 Å². The van der Waals surface area contributed by atoms with Crippen LogP contribution in [-0.4, -0.2) is 28.9 Å². The van der Waals surface area contributed by atoms with Gasteiger partial charge in [-0.05, 0) is 26.0 Å². The van der Waals surface area contributed by atoms with Crippen LogP contribution in [0.3, 0.4) is 0 Å². The van der Waals surface area contributed by atoms with Gasteiger partial charge in [0.25, 0.3) is 0 Å². The minimum atomic E-state index is -1.06. The Kier molecular flexibility index (Phi) is 6.70. The highest BCUT2D eigenvalue weighted by Crippen LogP contribution is 2.24. The maximum atomic E-state index is 11.5. The van der Waals surface area contributed by atoms with E-state index in [9.17, 15) is 9.59 Å². The highest BCUT2D eigenvalue weighted by atomic mass is 35.5. The third-order valence-corrected chi connectivity index (χ3v) is 3.59. The molecule has 1 aromatic carbocycles. The molecule has 0 radical (unpaired) electrons. The predicted octanol–water partition coefficient (Wildman–Crippen LogP) is 2.84. The van der Waals surface area contributed by atoms with Gasteiger partial charge in [0.15, 0.2) is 0 Å². The van der Waals surface area contributed by atoms with E-state index in [1.807, 2.05) is 13.8 Å². The summed E-state index contributed by atoms with van der Waals surface area (Å²) in [7, 11) is 0. The maximum Gasteiger partial charge on any atom is 0.323 e. The van der Waals surface area contributed by atoms with Crippen molar-refractivity contribution < 1.29 is 14.6 Å². The zero-order valence-corrected chi connectivity index (χ0v) is 12.8. The third-order valence-electron chi connectivity index (χ3n) is 2.34. The SMILES string of the molecule is CCOCC.O=C(O)Cn1c(=O)sc2cccc(Cl)c21. The largest absolute Gasteiger partial charge is 0.480 e. The standard InChI is InChI=1S/C9H6ClNO3S.C4H10O/c10-5-2-1-3-6-8(5)11(4-7(12)13)9(14)15-6;1-3-5-4-2/h1-3H,4H2,(H,12,13);3-4H2,1-2H3.